The zero-order valence-corrected chi connectivity index (χ0v) is 12.0. The molecule has 2 aromatic rings. The molecule has 0 saturated carbocycles. The van der Waals surface area contributed by atoms with Crippen LogP contribution in [-0.2, 0) is 5.75 Å². The predicted molar refractivity (Wildman–Crippen MR) is 77.3 cm³/mol. The molecule has 7 heteroatoms. The summed E-state index contributed by atoms with van der Waals surface area (Å²) in [5, 5.41) is 18.8. The van der Waals surface area contributed by atoms with Gasteiger partial charge in [-0.15, -0.1) is 0 Å². The largest absolute Gasteiger partial charge is 0.491 e. The van der Waals surface area contributed by atoms with Crippen molar-refractivity contribution in [2.45, 2.75) is 24.8 Å². The second-order valence-corrected chi connectivity index (χ2v) is 5.39. The van der Waals surface area contributed by atoms with Crippen molar-refractivity contribution >= 4 is 24.3 Å². The van der Waals surface area contributed by atoms with Gasteiger partial charge < -0.3 is 10.0 Å². The lowest BCUT2D eigenvalue weighted by Crippen LogP contribution is -2.33. The molecule has 1 aromatic heterocycles. The summed E-state index contributed by atoms with van der Waals surface area (Å²) in [5.74, 6) is -0.0977. The molecule has 0 radical (unpaired) electrons. The molecule has 104 valence electrons. The highest BCUT2D eigenvalue weighted by Crippen LogP contribution is 2.19. The van der Waals surface area contributed by atoms with Gasteiger partial charge in [-0.05, 0) is 31.5 Å². The van der Waals surface area contributed by atoms with Crippen LogP contribution in [0, 0.1) is 19.7 Å². The Labute approximate surface area is 121 Å². The van der Waals surface area contributed by atoms with Crippen LogP contribution >= 0.6 is 11.8 Å². The van der Waals surface area contributed by atoms with Gasteiger partial charge >= 0.3 is 7.12 Å². The molecule has 0 amide bonds. The minimum Gasteiger partial charge on any atom is -0.423 e. The smallest absolute Gasteiger partial charge is 0.423 e. The maximum Gasteiger partial charge on any atom is 0.491 e. The predicted octanol–water partition coefficient (Wildman–Crippen LogP) is 1.20. The fourth-order valence-electron chi connectivity index (χ4n) is 1.79. The molecule has 1 heterocycles. The topological polar surface area (TPSA) is 66.2 Å². The van der Waals surface area contributed by atoms with Gasteiger partial charge in [0.05, 0.1) is 0 Å². The fraction of sp³-hybridized carbons (Fsp3) is 0.231. The average Bonchev–Trinajstić information content (AvgIpc) is 2.36. The molecular formula is C13H14BFN2O2S. The van der Waals surface area contributed by atoms with Crippen molar-refractivity contribution in [1.29, 1.82) is 0 Å². The maximum atomic E-state index is 13.3. The van der Waals surface area contributed by atoms with Crippen molar-refractivity contribution in [2.24, 2.45) is 0 Å². The van der Waals surface area contributed by atoms with E-state index in [1.165, 1.54) is 23.9 Å². The molecule has 1 aromatic carbocycles. The quantitative estimate of drug-likeness (QED) is 0.503. The number of hydrogen-bond donors (Lipinski definition) is 2. The molecule has 0 atom stereocenters. The van der Waals surface area contributed by atoms with Crippen LogP contribution in [0.5, 0.6) is 0 Å². The highest BCUT2D eigenvalue weighted by molar-refractivity contribution is 7.98. The zero-order valence-electron chi connectivity index (χ0n) is 11.2. The van der Waals surface area contributed by atoms with Crippen molar-refractivity contribution in [2.75, 3.05) is 0 Å². The molecule has 2 rings (SSSR count). The van der Waals surface area contributed by atoms with Crippen LogP contribution in [-0.4, -0.2) is 27.1 Å². The van der Waals surface area contributed by atoms with E-state index in [-0.39, 0.29) is 5.46 Å². The van der Waals surface area contributed by atoms with E-state index in [9.17, 15) is 4.39 Å². The van der Waals surface area contributed by atoms with E-state index in [0.29, 0.717) is 10.9 Å². The van der Waals surface area contributed by atoms with Crippen molar-refractivity contribution in [3.63, 3.8) is 0 Å². The van der Waals surface area contributed by atoms with Crippen molar-refractivity contribution in [3.8, 4) is 0 Å². The van der Waals surface area contributed by atoms with Gasteiger partial charge in [-0.2, -0.15) is 0 Å². The summed E-state index contributed by atoms with van der Waals surface area (Å²) in [6, 6.07) is 6.17. The average molecular weight is 292 g/mol. The minimum absolute atomic E-state index is 0.121. The van der Waals surface area contributed by atoms with Gasteiger partial charge in [0.25, 0.3) is 0 Å². The first kappa shape index (κ1) is 15.0. The van der Waals surface area contributed by atoms with Gasteiger partial charge in [0.15, 0.2) is 5.16 Å². The number of halogens is 1. The number of aromatic nitrogens is 2. The number of hydrogen-bond acceptors (Lipinski definition) is 5. The van der Waals surface area contributed by atoms with E-state index >= 15 is 0 Å². The van der Waals surface area contributed by atoms with Crippen molar-refractivity contribution < 1.29 is 14.4 Å². The normalized spacial score (nSPS) is 10.7. The van der Waals surface area contributed by atoms with Gasteiger partial charge in [0, 0.05) is 22.6 Å². The lowest BCUT2D eigenvalue weighted by atomic mass is 9.79. The summed E-state index contributed by atoms with van der Waals surface area (Å²) in [6.45, 7) is 3.80. The molecular weight excluding hydrogens is 278 g/mol. The molecule has 0 spiro atoms. The molecule has 4 nitrogen and oxygen atoms in total. The fourth-order valence-corrected chi connectivity index (χ4v) is 2.68. The van der Waals surface area contributed by atoms with Crippen LogP contribution in [0.4, 0.5) is 4.39 Å². The lowest BCUT2D eigenvalue weighted by molar-refractivity contribution is 0.423. The van der Waals surface area contributed by atoms with Gasteiger partial charge in [0.1, 0.15) is 5.82 Å². The first-order valence-corrected chi connectivity index (χ1v) is 7.04. The Morgan fingerprint density at radius 2 is 1.80 bits per heavy atom. The SMILES string of the molecule is Cc1cc(C)nc(SCc2ccc(F)c(B(O)O)c2)n1. The number of aryl methyl sites for hydroxylation is 2. The van der Waals surface area contributed by atoms with Gasteiger partial charge in [-0.3, -0.25) is 0 Å². The minimum atomic E-state index is -1.81. The number of benzene rings is 1. The second-order valence-electron chi connectivity index (χ2n) is 4.45. The molecule has 0 fully saturated rings. The van der Waals surface area contributed by atoms with E-state index in [1.54, 1.807) is 6.07 Å². The lowest BCUT2D eigenvalue weighted by Gasteiger charge is -2.06. The van der Waals surface area contributed by atoms with E-state index in [1.807, 2.05) is 19.9 Å². The van der Waals surface area contributed by atoms with Crippen LogP contribution in [0.1, 0.15) is 17.0 Å². The number of rotatable bonds is 4. The summed E-state index contributed by atoms with van der Waals surface area (Å²) in [5.41, 5.74) is 2.45. The van der Waals surface area contributed by atoms with Crippen LogP contribution in [0.25, 0.3) is 0 Å². The van der Waals surface area contributed by atoms with E-state index < -0.39 is 12.9 Å². The van der Waals surface area contributed by atoms with Crippen LogP contribution in [0.2, 0.25) is 0 Å². The molecule has 2 N–H and O–H groups in total. The summed E-state index contributed by atoms with van der Waals surface area (Å²) in [6.07, 6.45) is 0. The van der Waals surface area contributed by atoms with Crippen molar-refractivity contribution in [1.82, 2.24) is 9.97 Å². The third kappa shape index (κ3) is 3.78. The third-order valence-electron chi connectivity index (χ3n) is 2.67. The Kier molecular flexibility index (Phi) is 4.75. The number of thioether (sulfide) groups is 1. The molecule has 20 heavy (non-hydrogen) atoms. The molecule has 0 saturated heterocycles. The highest BCUT2D eigenvalue weighted by Gasteiger charge is 2.16. The first-order valence-electron chi connectivity index (χ1n) is 6.05. The molecule has 0 aliphatic rings. The highest BCUT2D eigenvalue weighted by atomic mass is 32.2. The van der Waals surface area contributed by atoms with Crippen LogP contribution < -0.4 is 5.46 Å². The van der Waals surface area contributed by atoms with E-state index in [4.69, 9.17) is 10.0 Å². The Bertz CT molecular complexity index is 605. The number of nitrogens with zero attached hydrogens (tertiary/aromatic N) is 2. The standard InChI is InChI=1S/C13H14BFN2O2S/c1-8-5-9(2)17-13(16-8)20-7-10-3-4-12(15)11(6-10)14(18)19/h3-6,18-19H,7H2,1-2H3. The van der Waals surface area contributed by atoms with Gasteiger partial charge in [-0.25, -0.2) is 14.4 Å². The summed E-state index contributed by atoms with van der Waals surface area (Å²) in [4.78, 5) is 8.61. The Hall–Kier alpha value is -1.44. The van der Waals surface area contributed by atoms with Gasteiger partial charge in [0.2, 0.25) is 0 Å². The molecule has 0 aliphatic carbocycles. The molecule has 0 unspecified atom stereocenters. The molecule has 0 bridgehead atoms. The summed E-state index contributed by atoms with van der Waals surface area (Å²) in [7, 11) is -1.81. The van der Waals surface area contributed by atoms with Crippen LogP contribution in [0.15, 0.2) is 29.4 Å². The maximum absolute atomic E-state index is 13.3. The second kappa shape index (κ2) is 6.34. The van der Waals surface area contributed by atoms with E-state index in [2.05, 4.69) is 9.97 Å². The first-order chi connectivity index (χ1) is 9.45. The Morgan fingerprint density at radius 1 is 1.15 bits per heavy atom. The monoisotopic (exact) mass is 292 g/mol. The summed E-state index contributed by atoms with van der Waals surface area (Å²) < 4.78 is 13.3. The van der Waals surface area contributed by atoms with Gasteiger partial charge in [-0.1, -0.05) is 23.9 Å². The summed E-state index contributed by atoms with van der Waals surface area (Å²) >= 11 is 1.42. The Morgan fingerprint density at radius 3 is 2.40 bits per heavy atom. The third-order valence-corrected chi connectivity index (χ3v) is 3.59. The molecule has 0 aliphatic heterocycles. The van der Waals surface area contributed by atoms with E-state index in [0.717, 1.165) is 17.0 Å². The Balaban J connectivity index is 2.12. The van der Waals surface area contributed by atoms with Crippen molar-refractivity contribution in [3.05, 3.63) is 47.0 Å². The zero-order chi connectivity index (χ0) is 14.7. The van der Waals surface area contributed by atoms with Crippen LogP contribution in [0.3, 0.4) is 0 Å².